The van der Waals surface area contributed by atoms with E-state index in [1.807, 2.05) is 25.6 Å². The van der Waals surface area contributed by atoms with Crippen molar-refractivity contribution in [3.05, 3.63) is 16.4 Å². The largest absolute Gasteiger partial charge is 0.380 e. The third-order valence-electron chi connectivity index (χ3n) is 2.39. The lowest BCUT2D eigenvalue weighted by atomic mass is 10.3. The summed E-state index contributed by atoms with van der Waals surface area (Å²) in [5.74, 6) is 0. The number of rotatable bonds is 5. The van der Waals surface area contributed by atoms with Crippen molar-refractivity contribution >= 4 is 11.6 Å². The topological polar surface area (TPSA) is 39.1 Å². The Hall–Kier alpha value is -0.580. The molecule has 1 aromatic heterocycles. The molecule has 0 saturated carbocycles. The smallest absolute Gasteiger partial charge is 0.0860 e. The molecule has 4 nitrogen and oxygen atoms in total. The number of nitrogens with zero attached hydrogens (tertiary/aromatic N) is 2. The fourth-order valence-electron chi connectivity index (χ4n) is 1.35. The molecule has 0 aliphatic rings. The maximum absolute atomic E-state index is 6.11. The van der Waals surface area contributed by atoms with Crippen LogP contribution >= 0.6 is 11.6 Å². The van der Waals surface area contributed by atoms with E-state index in [9.17, 15) is 0 Å². The number of ether oxygens (including phenoxy) is 1. The van der Waals surface area contributed by atoms with Gasteiger partial charge in [0.15, 0.2) is 0 Å². The number of halogens is 1. The van der Waals surface area contributed by atoms with Crippen LogP contribution < -0.4 is 5.32 Å². The quantitative estimate of drug-likeness (QED) is 0.835. The minimum Gasteiger partial charge on any atom is -0.380 e. The second-order valence-electron chi connectivity index (χ2n) is 3.65. The summed E-state index contributed by atoms with van der Waals surface area (Å²) in [5, 5.41) is 8.26. The molecule has 1 N–H and O–H groups in total. The van der Waals surface area contributed by atoms with Gasteiger partial charge in [0, 0.05) is 27.2 Å². The Balaban J connectivity index is 2.50. The molecule has 0 amide bonds. The van der Waals surface area contributed by atoms with Crippen molar-refractivity contribution in [1.82, 2.24) is 15.1 Å². The van der Waals surface area contributed by atoms with Crippen molar-refractivity contribution in [1.29, 1.82) is 0 Å². The summed E-state index contributed by atoms with van der Waals surface area (Å²) in [4.78, 5) is 0. The number of aryl methyl sites for hydroxylation is 2. The Kier molecular flexibility index (Phi) is 4.57. The van der Waals surface area contributed by atoms with Gasteiger partial charge in [0.05, 0.1) is 22.5 Å². The van der Waals surface area contributed by atoms with E-state index in [2.05, 4.69) is 10.4 Å². The normalized spacial score (nSPS) is 13.1. The molecule has 15 heavy (non-hydrogen) atoms. The van der Waals surface area contributed by atoms with Crippen LogP contribution in [0.1, 0.15) is 18.3 Å². The average Bonchev–Trinajstić information content (AvgIpc) is 2.44. The van der Waals surface area contributed by atoms with Gasteiger partial charge in [-0.25, -0.2) is 0 Å². The molecule has 0 aromatic carbocycles. The van der Waals surface area contributed by atoms with Crippen molar-refractivity contribution in [3.63, 3.8) is 0 Å². The van der Waals surface area contributed by atoms with Gasteiger partial charge in [-0.05, 0) is 13.8 Å². The van der Waals surface area contributed by atoms with Crippen molar-refractivity contribution in [3.8, 4) is 0 Å². The molecule has 0 aliphatic carbocycles. The molecule has 0 radical (unpaired) electrons. The monoisotopic (exact) mass is 231 g/mol. The average molecular weight is 232 g/mol. The summed E-state index contributed by atoms with van der Waals surface area (Å²) >= 11 is 6.11. The van der Waals surface area contributed by atoms with Gasteiger partial charge in [-0.3, -0.25) is 4.68 Å². The summed E-state index contributed by atoms with van der Waals surface area (Å²) < 4.78 is 6.94. The van der Waals surface area contributed by atoms with Gasteiger partial charge >= 0.3 is 0 Å². The Morgan fingerprint density at radius 1 is 1.60 bits per heavy atom. The Labute approximate surface area is 95.6 Å². The molecule has 1 aromatic rings. The first-order valence-corrected chi connectivity index (χ1v) is 5.35. The van der Waals surface area contributed by atoms with Crippen molar-refractivity contribution < 1.29 is 4.74 Å². The lowest BCUT2D eigenvalue weighted by Gasteiger charge is -2.10. The number of hydrogen-bond donors (Lipinski definition) is 1. The Morgan fingerprint density at radius 3 is 2.73 bits per heavy atom. The molecule has 1 heterocycles. The van der Waals surface area contributed by atoms with Crippen LogP contribution in [0.3, 0.4) is 0 Å². The van der Waals surface area contributed by atoms with E-state index in [-0.39, 0.29) is 6.10 Å². The van der Waals surface area contributed by atoms with E-state index >= 15 is 0 Å². The van der Waals surface area contributed by atoms with Gasteiger partial charge in [-0.1, -0.05) is 11.6 Å². The minimum atomic E-state index is 0.207. The van der Waals surface area contributed by atoms with Crippen molar-refractivity contribution in [2.75, 3.05) is 13.7 Å². The zero-order chi connectivity index (χ0) is 11.4. The summed E-state index contributed by atoms with van der Waals surface area (Å²) in [6, 6.07) is 0. The lowest BCUT2D eigenvalue weighted by Crippen LogP contribution is -2.26. The summed E-state index contributed by atoms with van der Waals surface area (Å²) in [5.41, 5.74) is 1.88. The third kappa shape index (κ3) is 3.19. The van der Waals surface area contributed by atoms with Gasteiger partial charge in [-0.15, -0.1) is 0 Å². The van der Waals surface area contributed by atoms with Crippen LogP contribution in [0.2, 0.25) is 5.02 Å². The number of aromatic nitrogens is 2. The number of methoxy groups -OCH3 is 1. The molecule has 0 bridgehead atoms. The predicted molar refractivity (Wildman–Crippen MR) is 61.1 cm³/mol. The fraction of sp³-hybridized carbons (Fsp3) is 0.700. The molecule has 0 saturated heterocycles. The minimum absolute atomic E-state index is 0.207. The predicted octanol–water partition coefficient (Wildman–Crippen LogP) is 1.51. The van der Waals surface area contributed by atoms with Gasteiger partial charge in [0.25, 0.3) is 0 Å². The van der Waals surface area contributed by atoms with E-state index in [1.54, 1.807) is 7.11 Å². The van der Waals surface area contributed by atoms with Crippen LogP contribution in [0.5, 0.6) is 0 Å². The van der Waals surface area contributed by atoms with Gasteiger partial charge in [-0.2, -0.15) is 5.10 Å². The van der Waals surface area contributed by atoms with Crippen LogP contribution in [0.4, 0.5) is 0 Å². The van der Waals surface area contributed by atoms with E-state index in [0.717, 1.165) is 23.0 Å². The Morgan fingerprint density at radius 2 is 2.27 bits per heavy atom. The van der Waals surface area contributed by atoms with E-state index in [1.165, 1.54) is 0 Å². The summed E-state index contributed by atoms with van der Waals surface area (Å²) in [7, 11) is 3.60. The highest BCUT2D eigenvalue weighted by molar-refractivity contribution is 6.31. The first-order valence-electron chi connectivity index (χ1n) is 4.97. The number of nitrogens with one attached hydrogen (secondary N) is 1. The Bertz CT molecular complexity index is 325. The van der Waals surface area contributed by atoms with Crippen molar-refractivity contribution in [2.24, 2.45) is 7.05 Å². The highest BCUT2D eigenvalue weighted by atomic mass is 35.5. The summed E-state index contributed by atoms with van der Waals surface area (Å²) in [6.07, 6.45) is 0.207. The third-order valence-corrected chi connectivity index (χ3v) is 2.88. The molecule has 5 heteroatoms. The number of hydrogen-bond acceptors (Lipinski definition) is 3. The van der Waals surface area contributed by atoms with Crippen molar-refractivity contribution in [2.45, 2.75) is 26.5 Å². The zero-order valence-corrected chi connectivity index (χ0v) is 10.4. The second-order valence-corrected chi connectivity index (χ2v) is 4.02. The highest BCUT2D eigenvalue weighted by Gasteiger charge is 2.10. The highest BCUT2D eigenvalue weighted by Crippen LogP contribution is 2.18. The van der Waals surface area contributed by atoms with E-state index in [4.69, 9.17) is 16.3 Å². The second kappa shape index (κ2) is 5.49. The molecule has 1 atom stereocenters. The molecular weight excluding hydrogens is 214 g/mol. The first kappa shape index (κ1) is 12.5. The van der Waals surface area contributed by atoms with Crippen LogP contribution in [0, 0.1) is 6.92 Å². The maximum atomic E-state index is 6.11. The molecule has 0 aliphatic heterocycles. The van der Waals surface area contributed by atoms with Crippen LogP contribution in [-0.2, 0) is 18.3 Å². The molecule has 86 valence electrons. The van der Waals surface area contributed by atoms with Gasteiger partial charge in [0.2, 0.25) is 0 Å². The zero-order valence-electron chi connectivity index (χ0n) is 9.67. The maximum Gasteiger partial charge on any atom is 0.0860 e. The SMILES string of the molecule is COC(C)CNCc1c(Cl)c(C)nn1C. The molecule has 0 fully saturated rings. The van der Waals surface area contributed by atoms with E-state index < -0.39 is 0 Å². The van der Waals surface area contributed by atoms with Gasteiger partial charge in [0.1, 0.15) is 0 Å². The lowest BCUT2D eigenvalue weighted by molar-refractivity contribution is 0.117. The standard InChI is InChI=1S/C10H18ClN3O/c1-7(15-4)5-12-6-9-10(11)8(2)13-14(9)3/h7,12H,5-6H2,1-4H3. The molecule has 0 spiro atoms. The molecule has 1 rings (SSSR count). The molecule has 1 unspecified atom stereocenters. The van der Waals surface area contributed by atoms with Gasteiger partial charge < -0.3 is 10.1 Å². The van der Waals surface area contributed by atoms with E-state index in [0.29, 0.717) is 6.54 Å². The fourth-order valence-corrected chi connectivity index (χ4v) is 1.58. The van der Waals surface area contributed by atoms with Crippen LogP contribution in [0.15, 0.2) is 0 Å². The van der Waals surface area contributed by atoms with Crippen LogP contribution in [0.25, 0.3) is 0 Å². The van der Waals surface area contributed by atoms with Crippen LogP contribution in [-0.4, -0.2) is 29.5 Å². The molecular formula is C10H18ClN3O. The first-order chi connectivity index (χ1) is 7.06. The summed E-state index contributed by atoms with van der Waals surface area (Å²) in [6.45, 7) is 5.44.